The van der Waals surface area contributed by atoms with Gasteiger partial charge in [0.25, 0.3) is 0 Å². The van der Waals surface area contributed by atoms with Gasteiger partial charge >= 0.3 is 12.3 Å². The molecule has 0 aromatic heterocycles. The van der Waals surface area contributed by atoms with Gasteiger partial charge in [0, 0.05) is 6.04 Å². The van der Waals surface area contributed by atoms with Crippen molar-refractivity contribution in [2.24, 2.45) is 0 Å². The lowest BCUT2D eigenvalue weighted by Gasteiger charge is -2.34. The molecule has 0 saturated carbocycles. The molecule has 1 amide bonds. The number of halogens is 3. The van der Waals surface area contributed by atoms with E-state index in [0.29, 0.717) is 12.1 Å². The first-order valence-corrected chi connectivity index (χ1v) is 5.99. The molecule has 1 aromatic carbocycles. The summed E-state index contributed by atoms with van der Waals surface area (Å²) in [6.07, 6.45) is -3.94. The molecular weight excluding hydrogens is 259 g/mol. The van der Waals surface area contributed by atoms with Gasteiger partial charge in [-0.3, -0.25) is 4.90 Å². The fraction of sp³-hybridized carbons (Fsp3) is 0.462. The molecule has 104 valence electrons. The second-order valence-corrected chi connectivity index (χ2v) is 4.56. The van der Waals surface area contributed by atoms with Crippen LogP contribution < -0.4 is 4.90 Å². The number of anilines is 1. The normalized spacial score (nSPS) is 18.9. The molecule has 0 fully saturated rings. The smallest absolute Gasteiger partial charge is 0.422 e. The molecule has 0 aliphatic carbocycles. The van der Waals surface area contributed by atoms with Crippen molar-refractivity contribution in [2.45, 2.75) is 32.0 Å². The van der Waals surface area contributed by atoms with E-state index >= 15 is 0 Å². The van der Waals surface area contributed by atoms with Gasteiger partial charge in [0.15, 0.2) is 6.61 Å². The Morgan fingerprint density at radius 1 is 1.42 bits per heavy atom. The summed E-state index contributed by atoms with van der Waals surface area (Å²) >= 11 is 0. The number of benzene rings is 1. The monoisotopic (exact) mass is 273 g/mol. The predicted octanol–water partition coefficient (Wildman–Crippen LogP) is 3.53. The van der Waals surface area contributed by atoms with Crippen LogP contribution in [0.15, 0.2) is 24.3 Å². The highest BCUT2D eigenvalue weighted by Gasteiger charge is 2.34. The standard InChI is InChI=1S/C13H14F3NO2/c1-9-6-7-10-4-2-3-5-11(10)17(9)12(18)19-8-13(14,15)16/h2-5,9H,6-8H2,1H3. The van der Waals surface area contributed by atoms with Gasteiger partial charge in [-0.15, -0.1) is 0 Å². The number of hydrogen-bond donors (Lipinski definition) is 0. The molecule has 1 aromatic rings. The van der Waals surface area contributed by atoms with Crippen LogP contribution in [0.4, 0.5) is 23.7 Å². The Balaban J connectivity index is 2.17. The minimum Gasteiger partial charge on any atom is -0.439 e. The van der Waals surface area contributed by atoms with Crippen molar-refractivity contribution in [1.82, 2.24) is 0 Å². The Hall–Kier alpha value is -1.72. The Labute approximate surface area is 109 Å². The number of nitrogens with zero attached hydrogens (tertiary/aromatic N) is 1. The average molecular weight is 273 g/mol. The summed E-state index contributed by atoms with van der Waals surface area (Å²) in [5.41, 5.74) is 1.58. The van der Waals surface area contributed by atoms with Crippen molar-refractivity contribution < 1.29 is 22.7 Å². The van der Waals surface area contributed by atoms with Gasteiger partial charge in [0.05, 0.1) is 5.69 Å². The van der Waals surface area contributed by atoms with Gasteiger partial charge < -0.3 is 4.74 Å². The van der Waals surface area contributed by atoms with Crippen LogP contribution >= 0.6 is 0 Å². The first-order chi connectivity index (χ1) is 8.88. The molecule has 2 rings (SSSR count). The quantitative estimate of drug-likeness (QED) is 0.783. The number of hydrogen-bond acceptors (Lipinski definition) is 2. The average Bonchev–Trinajstić information content (AvgIpc) is 2.35. The highest BCUT2D eigenvalue weighted by Crippen LogP contribution is 2.31. The number of ether oxygens (including phenoxy) is 1. The molecule has 1 heterocycles. The third-order valence-electron chi connectivity index (χ3n) is 3.08. The van der Waals surface area contributed by atoms with Gasteiger partial charge in [0.1, 0.15) is 0 Å². The minimum atomic E-state index is -4.51. The van der Waals surface area contributed by atoms with Crippen LogP contribution in [-0.2, 0) is 11.2 Å². The number of carbonyl (C=O) groups excluding carboxylic acids is 1. The largest absolute Gasteiger partial charge is 0.439 e. The van der Waals surface area contributed by atoms with Crippen molar-refractivity contribution in [3.63, 3.8) is 0 Å². The second-order valence-electron chi connectivity index (χ2n) is 4.56. The lowest BCUT2D eigenvalue weighted by Crippen LogP contribution is -2.43. The zero-order chi connectivity index (χ0) is 14.0. The molecule has 0 saturated heterocycles. The van der Waals surface area contributed by atoms with E-state index in [9.17, 15) is 18.0 Å². The summed E-state index contributed by atoms with van der Waals surface area (Å²) in [5.74, 6) is 0. The summed E-state index contributed by atoms with van der Waals surface area (Å²) in [7, 11) is 0. The molecule has 6 heteroatoms. The van der Waals surface area contributed by atoms with Crippen LogP contribution in [0.2, 0.25) is 0 Å². The third-order valence-corrected chi connectivity index (χ3v) is 3.08. The van der Waals surface area contributed by atoms with Gasteiger partial charge in [-0.05, 0) is 31.4 Å². The lowest BCUT2D eigenvalue weighted by atomic mass is 9.97. The molecule has 1 unspecified atom stereocenters. The van der Waals surface area contributed by atoms with E-state index in [1.54, 1.807) is 19.1 Å². The Bertz CT molecular complexity index is 473. The summed E-state index contributed by atoms with van der Waals surface area (Å²) in [5, 5.41) is 0. The molecule has 3 nitrogen and oxygen atoms in total. The maximum absolute atomic E-state index is 12.1. The lowest BCUT2D eigenvalue weighted by molar-refractivity contribution is -0.159. The number of rotatable bonds is 1. The van der Waals surface area contributed by atoms with E-state index in [4.69, 9.17) is 0 Å². The summed E-state index contributed by atoms with van der Waals surface area (Å²) in [6, 6.07) is 7.01. The summed E-state index contributed by atoms with van der Waals surface area (Å²) in [4.78, 5) is 13.1. The van der Waals surface area contributed by atoms with E-state index in [1.807, 2.05) is 12.1 Å². The Morgan fingerprint density at radius 3 is 2.79 bits per heavy atom. The zero-order valence-corrected chi connectivity index (χ0v) is 10.4. The van der Waals surface area contributed by atoms with Crippen LogP contribution in [0.25, 0.3) is 0 Å². The predicted molar refractivity (Wildman–Crippen MR) is 64.1 cm³/mol. The SMILES string of the molecule is CC1CCc2ccccc2N1C(=O)OCC(F)(F)F. The maximum atomic E-state index is 12.1. The van der Waals surface area contributed by atoms with Crippen LogP contribution in [-0.4, -0.2) is 24.9 Å². The van der Waals surface area contributed by atoms with Gasteiger partial charge in [0.2, 0.25) is 0 Å². The van der Waals surface area contributed by atoms with E-state index in [2.05, 4.69) is 4.74 Å². The van der Waals surface area contributed by atoms with Crippen LogP contribution in [0, 0.1) is 0 Å². The van der Waals surface area contributed by atoms with Crippen LogP contribution in [0.5, 0.6) is 0 Å². The molecule has 19 heavy (non-hydrogen) atoms. The zero-order valence-electron chi connectivity index (χ0n) is 10.4. The highest BCUT2D eigenvalue weighted by atomic mass is 19.4. The Kier molecular flexibility index (Phi) is 3.68. The van der Waals surface area contributed by atoms with Crippen molar-refractivity contribution in [2.75, 3.05) is 11.5 Å². The minimum absolute atomic E-state index is 0.171. The van der Waals surface area contributed by atoms with Gasteiger partial charge in [-0.25, -0.2) is 4.79 Å². The number of fused-ring (bicyclic) bond motifs is 1. The molecule has 1 aliphatic heterocycles. The molecule has 0 spiro atoms. The highest BCUT2D eigenvalue weighted by molar-refractivity contribution is 5.89. The number of amides is 1. The van der Waals surface area contributed by atoms with Crippen LogP contribution in [0.3, 0.4) is 0 Å². The number of alkyl halides is 3. The second kappa shape index (κ2) is 5.11. The van der Waals surface area contributed by atoms with Crippen molar-refractivity contribution in [3.8, 4) is 0 Å². The topological polar surface area (TPSA) is 29.5 Å². The van der Waals surface area contributed by atoms with Crippen molar-refractivity contribution in [3.05, 3.63) is 29.8 Å². The number of aryl methyl sites for hydroxylation is 1. The van der Waals surface area contributed by atoms with E-state index in [-0.39, 0.29) is 6.04 Å². The van der Waals surface area contributed by atoms with Crippen LogP contribution in [0.1, 0.15) is 18.9 Å². The fourth-order valence-electron chi connectivity index (χ4n) is 2.18. The van der Waals surface area contributed by atoms with Crippen molar-refractivity contribution in [1.29, 1.82) is 0 Å². The van der Waals surface area contributed by atoms with Gasteiger partial charge in [-0.1, -0.05) is 18.2 Å². The maximum Gasteiger partial charge on any atom is 0.422 e. The summed E-state index contributed by atoms with van der Waals surface area (Å²) < 4.78 is 40.6. The third kappa shape index (κ3) is 3.19. The molecular formula is C13H14F3NO2. The molecule has 1 aliphatic rings. The summed E-state index contributed by atoms with van der Waals surface area (Å²) in [6.45, 7) is 0.238. The molecule has 0 bridgehead atoms. The first-order valence-electron chi connectivity index (χ1n) is 5.99. The number of para-hydroxylation sites is 1. The van der Waals surface area contributed by atoms with Crippen molar-refractivity contribution >= 4 is 11.8 Å². The first kappa shape index (κ1) is 13.7. The van der Waals surface area contributed by atoms with Gasteiger partial charge in [-0.2, -0.15) is 13.2 Å². The number of carbonyl (C=O) groups is 1. The van der Waals surface area contributed by atoms with E-state index in [1.165, 1.54) is 4.90 Å². The molecule has 0 N–H and O–H groups in total. The van der Waals surface area contributed by atoms with E-state index in [0.717, 1.165) is 12.0 Å². The molecule has 0 radical (unpaired) electrons. The fourth-order valence-corrected chi connectivity index (χ4v) is 2.18. The van der Waals surface area contributed by atoms with E-state index < -0.39 is 18.9 Å². The molecule has 1 atom stereocenters. The Morgan fingerprint density at radius 2 is 2.11 bits per heavy atom.